The van der Waals surface area contributed by atoms with Crippen molar-refractivity contribution in [2.75, 3.05) is 26.4 Å². The van der Waals surface area contributed by atoms with Gasteiger partial charge in [0.05, 0.1) is 13.2 Å². The molecule has 2 N–H and O–H groups in total. The lowest BCUT2D eigenvalue weighted by Gasteiger charge is -2.35. The first-order valence-corrected chi connectivity index (χ1v) is 6.76. The zero-order valence-corrected chi connectivity index (χ0v) is 11.0. The summed E-state index contributed by atoms with van der Waals surface area (Å²) in [5.41, 5.74) is -0.487. The van der Waals surface area contributed by atoms with Crippen LogP contribution in [0.5, 0.6) is 0 Å². The molecule has 1 aliphatic rings. The van der Waals surface area contributed by atoms with Gasteiger partial charge in [0.15, 0.2) is 0 Å². The number of aliphatic hydroxyl groups is 2. The maximum Gasteiger partial charge on any atom is 0.127 e. The van der Waals surface area contributed by atoms with Crippen LogP contribution >= 0.6 is 0 Å². The second-order valence-electron chi connectivity index (χ2n) is 5.34. The van der Waals surface area contributed by atoms with E-state index in [0.717, 1.165) is 12.8 Å². The van der Waals surface area contributed by atoms with Gasteiger partial charge in [0.1, 0.15) is 5.82 Å². The van der Waals surface area contributed by atoms with E-state index >= 15 is 0 Å². The summed E-state index contributed by atoms with van der Waals surface area (Å²) < 4.78 is 19.3. The molecule has 0 saturated carbocycles. The topological polar surface area (TPSA) is 49.7 Å². The Morgan fingerprint density at radius 1 is 1.16 bits per heavy atom. The van der Waals surface area contributed by atoms with Gasteiger partial charge >= 0.3 is 0 Å². The molecule has 1 aromatic rings. The maximum absolute atomic E-state index is 14.0. The Morgan fingerprint density at radius 3 is 2.37 bits per heavy atom. The monoisotopic (exact) mass is 268 g/mol. The van der Waals surface area contributed by atoms with Crippen molar-refractivity contribution in [3.8, 4) is 0 Å². The van der Waals surface area contributed by atoms with Crippen LogP contribution in [0.25, 0.3) is 0 Å². The normalized spacial score (nSPS) is 17.6. The summed E-state index contributed by atoms with van der Waals surface area (Å²) in [6.45, 7) is 0.910. The van der Waals surface area contributed by atoms with Crippen LogP contribution in [-0.4, -0.2) is 36.6 Å². The molecule has 3 nitrogen and oxygen atoms in total. The second kappa shape index (κ2) is 6.46. The third-order valence-corrected chi connectivity index (χ3v) is 4.07. The first-order chi connectivity index (χ1) is 9.22. The molecule has 0 aromatic heterocycles. The quantitative estimate of drug-likeness (QED) is 0.857. The van der Waals surface area contributed by atoms with Gasteiger partial charge in [0.2, 0.25) is 0 Å². The van der Waals surface area contributed by atoms with Gasteiger partial charge in [-0.05, 0) is 36.8 Å². The second-order valence-corrected chi connectivity index (χ2v) is 5.34. The van der Waals surface area contributed by atoms with Crippen molar-refractivity contribution < 1.29 is 19.3 Å². The van der Waals surface area contributed by atoms with Crippen LogP contribution in [0.2, 0.25) is 0 Å². The molecular formula is C15H21FO3. The standard InChI is InChI=1S/C15H21FO3/c16-14-4-2-1-3-13(14)15(10-17,11-18)9-12-5-7-19-8-6-12/h1-4,12,17-18H,5-11H2. The summed E-state index contributed by atoms with van der Waals surface area (Å²) >= 11 is 0. The molecule has 1 saturated heterocycles. The molecule has 106 valence electrons. The fourth-order valence-corrected chi connectivity index (χ4v) is 2.85. The highest BCUT2D eigenvalue weighted by Crippen LogP contribution is 2.35. The van der Waals surface area contributed by atoms with E-state index in [4.69, 9.17) is 4.74 Å². The SMILES string of the molecule is OCC(CO)(CC1CCOCC1)c1ccccc1F. The average Bonchev–Trinajstić information content (AvgIpc) is 2.47. The Bertz CT molecular complexity index is 398. The van der Waals surface area contributed by atoms with Crippen LogP contribution < -0.4 is 0 Å². The van der Waals surface area contributed by atoms with Gasteiger partial charge in [-0.15, -0.1) is 0 Å². The summed E-state index contributed by atoms with van der Waals surface area (Å²) in [5, 5.41) is 19.5. The largest absolute Gasteiger partial charge is 0.395 e. The van der Waals surface area contributed by atoms with Crippen molar-refractivity contribution in [3.63, 3.8) is 0 Å². The average molecular weight is 268 g/mol. The highest BCUT2D eigenvalue weighted by molar-refractivity contribution is 5.27. The Hall–Kier alpha value is -0.970. The number of aliphatic hydroxyl groups excluding tert-OH is 2. The highest BCUT2D eigenvalue weighted by Gasteiger charge is 2.36. The number of rotatable bonds is 5. The van der Waals surface area contributed by atoms with E-state index in [-0.39, 0.29) is 19.0 Å². The molecule has 0 atom stereocenters. The molecule has 1 aromatic carbocycles. The Balaban J connectivity index is 2.23. The van der Waals surface area contributed by atoms with Gasteiger partial charge in [-0.3, -0.25) is 0 Å². The van der Waals surface area contributed by atoms with E-state index in [0.29, 0.717) is 31.1 Å². The van der Waals surface area contributed by atoms with Gasteiger partial charge in [0, 0.05) is 18.6 Å². The molecule has 0 aliphatic carbocycles. The summed E-state index contributed by atoms with van der Waals surface area (Å²) in [4.78, 5) is 0. The van der Waals surface area contributed by atoms with Gasteiger partial charge in [-0.2, -0.15) is 0 Å². The fourth-order valence-electron chi connectivity index (χ4n) is 2.85. The molecule has 0 amide bonds. The summed E-state index contributed by atoms with van der Waals surface area (Å²) in [6, 6.07) is 6.38. The maximum atomic E-state index is 14.0. The minimum absolute atomic E-state index is 0.248. The molecular weight excluding hydrogens is 247 g/mol. The van der Waals surface area contributed by atoms with E-state index in [9.17, 15) is 14.6 Å². The van der Waals surface area contributed by atoms with E-state index in [1.54, 1.807) is 18.2 Å². The lowest BCUT2D eigenvalue weighted by Crippen LogP contribution is -2.39. The lowest BCUT2D eigenvalue weighted by atomic mass is 9.73. The predicted octanol–water partition coefficient (Wildman–Crippen LogP) is 1.86. The van der Waals surface area contributed by atoms with Crippen molar-refractivity contribution in [1.82, 2.24) is 0 Å². The van der Waals surface area contributed by atoms with Gasteiger partial charge in [-0.25, -0.2) is 4.39 Å². The molecule has 1 fully saturated rings. The minimum atomic E-state index is -0.895. The van der Waals surface area contributed by atoms with Gasteiger partial charge in [0.25, 0.3) is 0 Å². The zero-order valence-electron chi connectivity index (χ0n) is 11.0. The Morgan fingerprint density at radius 2 is 1.79 bits per heavy atom. The van der Waals surface area contributed by atoms with E-state index in [2.05, 4.69) is 0 Å². The molecule has 4 heteroatoms. The smallest absolute Gasteiger partial charge is 0.127 e. The molecule has 0 bridgehead atoms. The predicted molar refractivity (Wildman–Crippen MR) is 70.4 cm³/mol. The third kappa shape index (κ3) is 3.14. The summed E-state index contributed by atoms with van der Waals surface area (Å²) in [5.74, 6) is -0.00897. The van der Waals surface area contributed by atoms with Crippen LogP contribution in [0.4, 0.5) is 4.39 Å². The van der Waals surface area contributed by atoms with E-state index < -0.39 is 5.41 Å². The van der Waals surface area contributed by atoms with Crippen molar-refractivity contribution in [1.29, 1.82) is 0 Å². The van der Waals surface area contributed by atoms with Crippen molar-refractivity contribution in [2.24, 2.45) is 5.92 Å². The van der Waals surface area contributed by atoms with Crippen molar-refractivity contribution in [3.05, 3.63) is 35.6 Å². The Kier molecular flexibility index (Phi) is 4.91. The van der Waals surface area contributed by atoms with Crippen LogP contribution in [0, 0.1) is 11.7 Å². The van der Waals surface area contributed by atoms with Crippen molar-refractivity contribution >= 4 is 0 Å². The Labute approximate surface area is 113 Å². The molecule has 1 aliphatic heterocycles. The first kappa shape index (κ1) is 14.4. The van der Waals surface area contributed by atoms with Gasteiger partial charge in [-0.1, -0.05) is 18.2 Å². The van der Waals surface area contributed by atoms with Crippen LogP contribution in [0.3, 0.4) is 0 Å². The third-order valence-electron chi connectivity index (χ3n) is 4.07. The van der Waals surface area contributed by atoms with E-state index in [1.807, 2.05) is 0 Å². The summed E-state index contributed by atoms with van der Waals surface area (Å²) in [7, 11) is 0. The van der Waals surface area contributed by atoms with Crippen LogP contribution in [0.15, 0.2) is 24.3 Å². The highest BCUT2D eigenvalue weighted by atomic mass is 19.1. The molecule has 0 spiro atoms. The number of hydrogen-bond acceptors (Lipinski definition) is 3. The number of halogens is 1. The summed E-state index contributed by atoms with van der Waals surface area (Å²) in [6.07, 6.45) is 2.39. The van der Waals surface area contributed by atoms with Crippen LogP contribution in [0.1, 0.15) is 24.8 Å². The zero-order chi connectivity index (χ0) is 13.7. The van der Waals surface area contributed by atoms with Crippen molar-refractivity contribution in [2.45, 2.75) is 24.7 Å². The van der Waals surface area contributed by atoms with Crippen LogP contribution in [-0.2, 0) is 10.2 Å². The van der Waals surface area contributed by atoms with Gasteiger partial charge < -0.3 is 14.9 Å². The molecule has 1 heterocycles. The number of benzene rings is 1. The molecule has 0 radical (unpaired) electrons. The number of hydrogen-bond donors (Lipinski definition) is 2. The minimum Gasteiger partial charge on any atom is -0.395 e. The lowest BCUT2D eigenvalue weighted by molar-refractivity contribution is 0.0345. The number of ether oxygens (including phenoxy) is 1. The molecule has 19 heavy (non-hydrogen) atoms. The molecule has 2 rings (SSSR count). The first-order valence-electron chi connectivity index (χ1n) is 6.76. The van der Waals surface area contributed by atoms with E-state index in [1.165, 1.54) is 6.07 Å². The fraction of sp³-hybridized carbons (Fsp3) is 0.600. The molecule has 0 unspecified atom stereocenters.